The Labute approximate surface area is 229 Å². The summed E-state index contributed by atoms with van der Waals surface area (Å²) < 4.78 is 22.5. The van der Waals surface area contributed by atoms with Crippen LogP contribution in [0.25, 0.3) is 11.8 Å². The quantitative estimate of drug-likeness (QED) is 0.485. The molecule has 0 amide bonds. The number of esters is 1. The summed E-state index contributed by atoms with van der Waals surface area (Å²) in [7, 11) is 3.03. The highest BCUT2D eigenvalue weighted by Crippen LogP contribution is 2.47. The Kier molecular flexibility index (Phi) is 8.40. The van der Waals surface area contributed by atoms with Gasteiger partial charge in [0.2, 0.25) is 0 Å². The number of hydroxylamine groups is 1. The highest BCUT2D eigenvalue weighted by molar-refractivity contribution is 5.99. The van der Waals surface area contributed by atoms with Gasteiger partial charge in [0.1, 0.15) is 24.0 Å². The maximum absolute atomic E-state index is 12.8. The van der Waals surface area contributed by atoms with Gasteiger partial charge in [-0.3, -0.25) is 20.1 Å². The molecule has 1 saturated heterocycles. The van der Waals surface area contributed by atoms with E-state index in [0.29, 0.717) is 29.4 Å². The van der Waals surface area contributed by atoms with Crippen molar-refractivity contribution in [2.24, 2.45) is 0 Å². The summed E-state index contributed by atoms with van der Waals surface area (Å²) >= 11 is 0. The predicted molar refractivity (Wildman–Crippen MR) is 149 cm³/mol. The minimum Gasteiger partial charge on any atom is -0.493 e. The number of nitrogens with zero attached hydrogens (tertiary/aromatic N) is 2. The van der Waals surface area contributed by atoms with Crippen LogP contribution in [0.4, 0.5) is 0 Å². The Morgan fingerprint density at radius 3 is 2.54 bits per heavy atom. The smallest absolute Gasteiger partial charge is 0.345 e. The highest BCUT2D eigenvalue weighted by Gasteiger charge is 2.38. The zero-order valence-electron chi connectivity index (χ0n) is 23.1. The summed E-state index contributed by atoms with van der Waals surface area (Å²) in [5.41, 5.74) is 8.46. The van der Waals surface area contributed by atoms with E-state index in [4.69, 9.17) is 23.8 Å². The van der Waals surface area contributed by atoms with Crippen LogP contribution in [0.5, 0.6) is 17.2 Å². The number of nitrogens with one attached hydrogen (secondary N) is 1. The minimum absolute atomic E-state index is 0.154. The van der Waals surface area contributed by atoms with E-state index in [2.05, 4.69) is 52.5 Å². The summed E-state index contributed by atoms with van der Waals surface area (Å²) in [5, 5.41) is 0. The number of piperazine rings is 1. The van der Waals surface area contributed by atoms with Gasteiger partial charge in [0.05, 0.1) is 26.5 Å². The minimum atomic E-state index is -0.518. The fourth-order valence-corrected chi connectivity index (χ4v) is 5.42. The van der Waals surface area contributed by atoms with Crippen molar-refractivity contribution in [3.8, 4) is 17.2 Å². The molecular formula is C30H37N3O6. The van der Waals surface area contributed by atoms with Crippen molar-refractivity contribution < 1.29 is 28.6 Å². The third-order valence-corrected chi connectivity index (χ3v) is 7.33. The van der Waals surface area contributed by atoms with Crippen LogP contribution in [0.1, 0.15) is 35.3 Å². The molecule has 1 N–H and O–H groups in total. The lowest BCUT2D eigenvalue weighted by Gasteiger charge is -2.36. The zero-order chi connectivity index (χ0) is 27.4. The number of hydrogen-bond acceptors (Lipinski definition) is 9. The van der Waals surface area contributed by atoms with Gasteiger partial charge in [0.25, 0.3) is 0 Å². The van der Waals surface area contributed by atoms with Crippen molar-refractivity contribution in [1.29, 1.82) is 0 Å². The van der Waals surface area contributed by atoms with E-state index in [9.17, 15) is 4.79 Å². The molecule has 0 radical (unpaired) electrons. The molecule has 0 bridgehead atoms. The first kappa shape index (κ1) is 27.1. The Balaban J connectivity index is 1.26. The van der Waals surface area contributed by atoms with Crippen LogP contribution in [0.2, 0.25) is 0 Å². The SMILES string of the molecule is CCOC(=O)c1c(OC)c(OC)cc2c1OCC1=C2NOC1CN1CCN(CC(C)=Cc2ccccc2)CC1. The Morgan fingerprint density at radius 2 is 1.85 bits per heavy atom. The molecule has 0 aliphatic carbocycles. The van der Waals surface area contributed by atoms with Gasteiger partial charge in [0.15, 0.2) is 11.5 Å². The van der Waals surface area contributed by atoms with E-state index >= 15 is 0 Å². The molecule has 3 aliphatic heterocycles. The van der Waals surface area contributed by atoms with Crippen molar-refractivity contribution in [1.82, 2.24) is 15.3 Å². The van der Waals surface area contributed by atoms with Crippen molar-refractivity contribution in [2.75, 3.05) is 66.7 Å². The molecule has 1 atom stereocenters. The third kappa shape index (κ3) is 5.75. The summed E-state index contributed by atoms with van der Waals surface area (Å²) in [6.07, 6.45) is 2.11. The van der Waals surface area contributed by atoms with Gasteiger partial charge in [-0.1, -0.05) is 42.0 Å². The molecule has 0 aromatic heterocycles. The van der Waals surface area contributed by atoms with Gasteiger partial charge in [-0.25, -0.2) is 4.79 Å². The zero-order valence-corrected chi connectivity index (χ0v) is 23.1. The lowest BCUT2D eigenvalue weighted by molar-refractivity contribution is 0.0117. The molecule has 5 rings (SSSR count). The number of fused-ring (bicyclic) bond motifs is 2. The number of carbonyl (C=O) groups excluding carboxylic acids is 1. The Morgan fingerprint density at radius 1 is 1.10 bits per heavy atom. The number of rotatable bonds is 9. The van der Waals surface area contributed by atoms with Crippen molar-refractivity contribution >= 4 is 17.7 Å². The summed E-state index contributed by atoms with van der Waals surface area (Å²) in [5.74, 6) is 0.612. The van der Waals surface area contributed by atoms with Crippen LogP contribution < -0.4 is 19.7 Å². The molecular weight excluding hydrogens is 498 g/mol. The van der Waals surface area contributed by atoms with E-state index in [1.807, 2.05) is 12.1 Å². The average Bonchev–Trinajstić information content (AvgIpc) is 3.36. The van der Waals surface area contributed by atoms with Crippen molar-refractivity contribution in [2.45, 2.75) is 20.0 Å². The number of benzene rings is 2. The van der Waals surface area contributed by atoms with Crippen molar-refractivity contribution in [3.05, 3.63) is 64.2 Å². The highest BCUT2D eigenvalue weighted by atomic mass is 16.7. The number of methoxy groups -OCH3 is 2. The van der Waals surface area contributed by atoms with E-state index in [-0.39, 0.29) is 18.3 Å². The molecule has 39 heavy (non-hydrogen) atoms. The molecule has 1 fully saturated rings. The second-order valence-corrected chi connectivity index (χ2v) is 9.96. The topological polar surface area (TPSA) is 81.7 Å². The van der Waals surface area contributed by atoms with E-state index in [1.54, 1.807) is 6.92 Å². The molecule has 9 nitrogen and oxygen atoms in total. The van der Waals surface area contributed by atoms with E-state index in [0.717, 1.165) is 50.5 Å². The van der Waals surface area contributed by atoms with Gasteiger partial charge in [-0.05, 0) is 25.5 Å². The molecule has 208 valence electrons. The van der Waals surface area contributed by atoms with Crippen LogP contribution in [0, 0.1) is 0 Å². The van der Waals surface area contributed by atoms with Gasteiger partial charge in [-0.15, -0.1) is 0 Å². The van der Waals surface area contributed by atoms with Crippen LogP contribution in [-0.4, -0.2) is 88.6 Å². The molecule has 0 spiro atoms. The fraction of sp³-hybridized carbons (Fsp3) is 0.433. The van der Waals surface area contributed by atoms with Crippen LogP contribution >= 0.6 is 0 Å². The maximum Gasteiger partial charge on any atom is 0.345 e. The summed E-state index contributed by atoms with van der Waals surface area (Å²) in [4.78, 5) is 23.8. The van der Waals surface area contributed by atoms with Gasteiger partial charge in [0, 0.05) is 50.4 Å². The van der Waals surface area contributed by atoms with Crippen LogP contribution in [0.3, 0.4) is 0 Å². The fourth-order valence-electron chi connectivity index (χ4n) is 5.42. The van der Waals surface area contributed by atoms with Crippen LogP contribution in [-0.2, 0) is 9.57 Å². The van der Waals surface area contributed by atoms with Gasteiger partial charge >= 0.3 is 5.97 Å². The first-order valence-corrected chi connectivity index (χ1v) is 13.4. The molecule has 2 aromatic rings. The summed E-state index contributed by atoms with van der Waals surface area (Å²) in [6.45, 7) is 10.2. The Hall–Kier alpha value is -3.53. The summed E-state index contributed by atoms with van der Waals surface area (Å²) in [6, 6.07) is 12.3. The third-order valence-electron chi connectivity index (χ3n) is 7.33. The monoisotopic (exact) mass is 535 g/mol. The normalized spacial score (nSPS) is 19.6. The van der Waals surface area contributed by atoms with Gasteiger partial charge in [-0.2, -0.15) is 0 Å². The molecule has 3 heterocycles. The molecule has 0 saturated carbocycles. The number of ether oxygens (including phenoxy) is 4. The van der Waals surface area contributed by atoms with Crippen LogP contribution in [0.15, 0.2) is 47.5 Å². The largest absolute Gasteiger partial charge is 0.493 e. The second kappa shape index (κ2) is 12.1. The second-order valence-electron chi connectivity index (χ2n) is 9.96. The van der Waals surface area contributed by atoms with E-state index in [1.165, 1.54) is 25.4 Å². The van der Waals surface area contributed by atoms with E-state index < -0.39 is 5.97 Å². The maximum atomic E-state index is 12.8. The van der Waals surface area contributed by atoms with Gasteiger partial charge < -0.3 is 18.9 Å². The number of carbonyl (C=O) groups is 1. The lowest BCUT2D eigenvalue weighted by atomic mass is 9.96. The predicted octanol–water partition coefficient (Wildman–Crippen LogP) is 3.61. The molecule has 2 aromatic carbocycles. The standard InChI is InChI=1S/C30H37N3O6/c1-5-37-30(34)26-28-22(16-24(35-3)29(26)36-4)27-23(19-38-28)25(39-31-27)18-33-13-11-32(12-14-33)17-20(2)15-21-9-7-6-8-10-21/h6-10,15-16,25,31H,5,11-14,17-19H2,1-4H3. The van der Waals surface area contributed by atoms with Crippen molar-refractivity contribution in [3.63, 3.8) is 0 Å². The molecule has 1 unspecified atom stereocenters. The average molecular weight is 536 g/mol. The lowest BCUT2D eigenvalue weighted by Crippen LogP contribution is -2.49. The number of hydrogen-bond donors (Lipinski definition) is 1. The Bertz CT molecular complexity index is 1250. The molecule has 3 aliphatic rings. The molecule has 9 heteroatoms. The first-order chi connectivity index (χ1) is 19.0. The first-order valence-electron chi connectivity index (χ1n) is 13.4.